The number of nitrogens with one attached hydrogen (secondary N) is 2. The van der Waals surface area contributed by atoms with E-state index in [2.05, 4.69) is 20.3 Å². The second kappa shape index (κ2) is 6.94. The fourth-order valence-corrected chi connectivity index (χ4v) is 2.77. The first-order valence-electron chi connectivity index (χ1n) is 7.62. The number of imidazole rings is 1. The summed E-state index contributed by atoms with van der Waals surface area (Å²) in [5.74, 6) is 0.978. The van der Waals surface area contributed by atoms with Crippen LogP contribution < -0.4 is 10.1 Å². The maximum Gasteiger partial charge on any atom is 0.221 e. The molecule has 0 spiro atoms. The first-order valence-corrected chi connectivity index (χ1v) is 8.00. The van der Waals surface area contributed by atoms with Gasteiger partial charge in [-0.3, -0.25) is 9.78 Å². The predicted octanol–water partition coefficient (Wildman–Crippen LogP) is 4.07. The summed E-state index contributed by atoms with van der Waals surface area (Å²) < 4.78 is 5.43. The largest absolute Gasteiger partial charge is 0.496 e. The number of aryl methyl sites for hydroxylation is 1. The van der Waals surface area contributed by atoms with Crippen LogP contribution in [0.5, 0.6) is 5.75 Å². The lowest BCUT2D eigenvalue weighted by Gasteiger charge is -2.11. The van der Waals surface area contributed by atoms with Crippen LogP contribution in [0, 0.1) is 6.92 Å². The molecule has 7 heteroatoms. The average molecular weight is 357 g/mol. The van der Waals surface area contributed by atoms with Crippen molar-refractivity contribution >= 4 is 23.2 Å². The Bertz CT molecular complexity index is 922. The van der Waals surface area contributed by atoms with E-state index in [0.29, 0.717) is 27.8 Å². The minimum atomic E-state index is -0.204. The van der Waals surface area contributed by atoms with Crippen LogP contribution in [-0.4, -0.2) is 28.0 Å². The number of pyridine rings is 1. The van der Waals surface area contributed by atoms with E-state index >= 15 is 0 Å². The Kier molecular flexibility index (Phi) is 4.72. The van der Waals surface area contributed by atoms with Crippen molar-refractivity contribution in [1.82, 2.24) is 15.0 Å². The van der Waals surface area contributed by atoms with Crippen molar-refractivity contribution in [2.24, 2.45) is 0 Å². The SMILES string of the molecule is COc1cc(Cl)c(NC(C)=O)cc1-c1nc(C)c(-c2cccnc2)[nH]1. The third-order valence-electron chi connectivity index (χ3n) is 3.69. The molecule has 25 heavy (non-hydrogen) atoms. The molecule has 0 saturated heterocycles. The number of hydrogen-bond donors (Lipinski definition) is 2. The highest BCUT2D eigenvalue weighted by Gasteiger charge is 2.17. The molecule has 1 amide bonds. The van der Waals surface area contributed by atoms with Gasteiger partial charge in [0.15, 0.2) is 0 Å². The van der Waals surface area contributed by atoms with Crippen LogP contribution in [0.4, 0.5) is 5.69 Å². The van der Waals surface area contributed by atoms with Gasteiger partial charge in [-0.1, -0.05) is 11.6 Å². The number of aromatic amines is 1. The molecule has 1 aromatic carbocycles. The molecule has 3 rings (SSSR count). The van der Waals surface area contributed by atoms with E-state index in [1.165, 1.54) is 6.92 Å². The van der Waals surface area contributed by atoms with Crippen molar-refractivity contribution in [2.45, 2.75) is 13.8 Å². The van der Waals surface area contributed by atoms with E-state index in [-0.39, 0.29) is 5.91 Å². The van der Waals surface area contributed by atoms with Gasteiger partial charge in [-0.05, 0) is 25.1 Å². The minimum absolute atomic E-state index is 0.204. The van der Waals surface area contributed by atoms with Crippen molar-refractivity contribution in [3.8, 4) is 28.4 Å². The summed E-state index contributed by atoms with van der Waals surface area (Å²) in [5.41, 5.74) is 3.85. The van der Waals surface area contributed by atoms with Gasteiger partial charge in [0.1, 0.15) is 11.6 Å². The number of amides is 1. The smallest absolute Gasteiger partial charge is 0.221 e. The van der Waals surface area contributed by atoms with Crippen molar-refractivity contribution in [3.63, 3.8) is 0 Å². The molecule has 3 aromatic rings. The van der Waals surface area contributed by atoms with Crippen LogP contribution in [0.2, 0.25) is 5.02 Å². The maximum atomic E-state index is 11.4. The highest BCUT2D eigenvalue weighted by molar-refractivity contribution is 6.34. The van der Waals surface area contributed by atoms with E-state index in [0.717, 1.165) is 17.0 Å². The summed E-state index contributed by atoms with van der Waals surface area (Å²) >= 11 is 6.21. The van der Waals surface area contributed by atoms with Crippen molar-refractivity contribution in [3.05, 3.63) is 47.4 Å². The second-order valence-electron chi connectivity index (χ2n) is 5.50. The minimum Gasteiger partial charge on any atom is -0.496 e. The maximum absolute atomic E-state index is 11.4. The Hall–Kier alpha value is -2.86. The molecule has 0 fully saturated rings. The number of carbonyl (C=O) groups excluding carboxylic acids is 1. The summed E-state index contributed by atoms with van der Waals surface area (Å²) in [7, 11) is 1.56. The number of aromatic nitrogens is 3. The highest BCUT2D eigenvalue weighted by atomic mass is 35.5. The molecule has 0 atom stereocenters. The molecule has 0 aliphatic carbocycles. The normalized spacial score (nSPS) is 10.6. The number of halogens is 1. The number of nitrogens with zero attached hydrogens (tertiary/aromatic N) is 2. The number of hydrogen-bond acceptors (Lipinski definition) is 4. The van der Waals surface area contributed by atoms with Gasteiger partial charge in [0, 0.05) is 30.9 Å². The van der Waals surface area contributed by atoms with E-state index < -0.39 is 0 Å². The topological polar surface area (TPSA) is 79.9 Å². The van der Waals surface area contributed by atoms with Gasteiger partial charge in [-0.25, -0.2) is 4.98 Å². The summed E-state index contributed by atoms with van der Waals surface area (Å²) in [4.78, 5) is 23.4. The van der Waals surface area contributed by atoms with Gasteiger partial charge in [-0.2, -0.15) is 0 Å². The lowest BCUT2D eigenvalue weighted by atomic mass is 10.1. The second-order valence-corrected chi connectivity index (χ2v) is 5.91. The number of methoxy groups -OCH3 is 1. The molecular weight excluding hydrogens is 340 g/mol. The number of benzene rings is 1. The zero-order chi connectivity index (χ0) is 18.0. The Morgan fingerprint density at radius 3 is 2.80 bits per heavy atom. The fraction of sp³-hybridized carbons (Fsp3) is 0.167. The fourth-order valence-electron chi connectivity index (χ4n) is 2.57. The van der Waals surface area contributed by atoms with Crippen molar-refractivity contribution in [1.29, 1.82) is 0 Å². The summed E-state index contributed by atoms with van der Waals surface area (Å²) in [5, 5.41) is 3.10. The van der Waals surface area contributed by atoms with Crippen LogP contribution in [0.3, 0.4) is 0 Å². The average Bonchev–Trinajstić information content (AvgIpc) is 2.98. The molecule has 0 aliphatic rings. The van der Waals surface area contributed by atoms with Gasteiger partial charge in [-0.15, -0.1) is 0 Å². The zero-order valence-electron chi connectivity index (χ0n) is 14.1. The van der Waals surface area contributed by atoms with Gasteiger partial charge in [0.2, 0.25) is 5.91 Å². The number of carbonyl (C=O) groups is 1. The third-order valence-corrected chi connectivity index (χ3v) is 4.00. The van der Waals surface area contributed by atoms with Crippen molar-refractivity contribution < 1.29 is 9.53 Å². The Balaban J connectivity index is 2.11. The van der Waals surface area contributed by atoms with Gasteiger partial charge in [0.05, 0.1) is 34.8 Å². The Labute approximate surface area is 150 Å². The first-order chi connectivity index (χ1) is 12.0. The predicted molar refractivity (Wildman–Crippen MR) is 97.9 cm³/mol. The number of H-pyrrole nitrogens is 1. The molecule has 128 valence electrons. The molecule has 0 bridgehead atoms. The van der Waals surface area contributed by atoms with E-state index in [9.17, 15) is 4.79 Å². The lowest BCUT2D eigenvalue weighted by molar-refractivity contribution is -0.114. The van der Waals surface area contributed by atoms with E-state index in [4.69, 9.17) is 16.3 Å². The quantitative estimate of drug-likeness (QED) is 0.738. The molecule has 0 aliphatic heterocycles. The van der Waals surface area contributed by atoms with Crippen LogP contribution in [0.25, 0.3) is 22.6 Å². The van der Waals surface area contributed by atoms with Gasteiger partial charge in [0.25, 0.3) is 0 Å². The van der Waals surface area contributed by atoms with Crippen LogP contribution in [0.1, 0.15) is 12.6 Å². The van der Waals surface area contributed by atoms with Gasteiger partial charge >= 0.3 is 0 Å². The molecule has 0 radical (unpaired) electrons. The van der Waals surface area contributed by atoms with Crippen LogP contribution in [0.15, 0.2) is 36.7 Å². The Morgan fingerprint density at radius 2 is 2.16 bits per heavy atom. The van der Waals surface area contributed by atoms with Crippen molar-refractivity contribution in [2.75, 3.05) is 12.4 Å². The summed E-state index contributed by atoms with van der Waals surface area (Å²) in [6.45, 7) is 3.34. The van der Waals surface area contributed by atoms with E-state index in [1.54, 1.807) is 31.6 Å². The number of rotatable bonds is 4. The number of anilines is 1. The molecule has 0 unspecified atom stereocenters. The molecule has 2 N–H and O–H groups in total. The molecule has 2 heterocycles. The van der Waals surface area contributed by atoms with Gasteiger partial charge < -0.3 is 15.0 Å². The standard InChI is InChI=1S/C18H17ClN4O2/c1-10-17(12-5-4-6-20-9-12)23-18(21-10)13-7-15(22-11(2)24)14(19)8-16(13)25-3/h4-9H,1-3H3,(H,21,23)(H,22,24). The first kappa shape index (κ1) is 17.0. The zero-order valence-corrected chi connectivity index (χ0v) is 14.8. The molecule has 2 aromatic heterocycles. The monoisotopic (exact) mass is 356 g/mol. The summed E-state index contributed by atoms with van der Waals surface area (Å²) in [6.07, 6.45) is 3.49. The molecular formula is C18H17ClN4O2. The molecule has 0 saturated carbocycles. The number of ether oxygens (including phenoxy) is 1. The van der Waals surface area contributed by atoms with Crippen LogP contribution in [-0.2, 0) is 4.79 Å². The Morgan fingerprint density at radius 1 is 1.36 bits per heavy atom. The van der Waals surface area contributed by atoms with E-state index in [1.807, 2.05) is 19.1 Å². The molecule has 6 nitrogen and oxygen atoms in total. The van der Waals surface area contributed by atoms with Crippen LogP contribution >= 0.6 is 11.6 Å². The highest BCUT2D eigenvalue weighted by Crippen LogP contribution is 2.37. The third kappa shape index (κ3) is 3.49. The lowest BCUT2D eigenvalue weighted by Crippen LogP contribution is -2.06. The summed E-state index contributed by atoms with van der Waals surface area (Å²) in [6, 6.07) is 7.23.